The predicted octanol–water partition coefficient (Wildman–Crippen LogP) is 3.45. The summed E-state index contributed by atoms with van der Waals surface area (Å²) in [4.78, 5) is 26.3. The molecule has 0 bridgehead atoms. The minimum absolute atomic E-state index is 0.101. The lowest BCUT2D eigenvalue weighted by molar-refractivity contribution is -0.145. The molecule has 0 amide bonds. The Bertz CT molecular complexity index is 695. The van der Waals surface area contributed by atoms with Crippen molar-refractivity contribution in [2.75, 3.05) is 6.61 Å². The number of hydrogen-bond acceptors (Lipinski definition) is 5. The van der Waals surface area contributed by atoms with Crippen LogP contribution >= 0.6 is 0 Å². The number of ether oxygens (including phenoxy) is 1. The zero-order valence-corrected chi connectivity index (χ0v) is 11.9. The maximum atomic E-state index is 12.6. The first-order valence-corrected chi connectivity index (χ1v) is 6.57. The van der Waals surface area contributed by atoms with Crippen molar-refractivity contribution in [2.24, 2.45) is 5.18 Å². The summed E-state index contributed by atoms with van der Waals surface area (Å²) < 4.78 is 44.1. The van der Waals surface area contributed by atoms with Crippen molar-refractivity contribution in [3.05, 3.63) is 52.8 Å². The lowest BCUT2D eigenvalue weighted by Crippen LogP contribution is -2.22. The summed E-state index contributed by atoms with van der Waals surface area (Å²) in [5.74, 6) is -0.826. The number of alkyl halides is 3. The normalized spacial score (nSPS) is 12.7. The zero-order chi connectivity index (χ0) is 17.0. The van der Waals surface area contributed by atoms with E-state index in [0.29, 0.717) is 0 Å². The van der Waals surface area contributed by atoms with Gasteiger partial charge >= 0.3 is 12.1 Å². The first-order valence-electron chi connectivity index (χ1n) is 6.57. The molecule has 6 nitrogen and oxygen atoms in total. The molecule has 2 aromatic rings. The number of esters is 1. The number of nitroso groups, excluding NO2 is 1. The minimum atomic E-state index is -4.47. The number of halogens is 3. The summed E-state index contributed by atoms with van der Waals surface area (Å²) in [6.45, 7) is 1.71. The van der Waals surface area contributed by atoms with Crippen molar-refractivity contribution in [3.63, 3.8) is 0 Å². The number of benzene rings is 1. The van der Waals surface area contributed by atoms with Crippen LogP contribution < -0.4 is 0 Å². The van der Waals surface area contributed by atoms with Gasteiger partial charge in [-0.15, -0.1) is 4.91 Å². The second kappa shape index (κ2) is 6.59. The van der Waals surface area contributed by atoms with Crippen LogP contribution in [0.2, 0.25) is 0 Å². The summed E-state index contributed by atoms with van der Waals surface area (Å²) in [6.07, 6.45) is -2.07. The minimum Gasteiger partial charge on any atom is -0.464 e. The largest absolute Gasteiger partial charge is 0.464 e. The molecule has 9 heteroatoms. The van der Waals surface area contributed by atoms with Gasteiger partial charge in [0.25, 0.3) is 0 Å². The highest BCUT2D eigenvalue weighted by atomic mass is 19.4. The Labute approximate surface area is 128 Å². The fourth-order valence-electron chi connectivity index (χ4n) is 2.02. The molecule has 1 aromatic heterocycles. The predicted molar refractivity (Wildman–Crippen MR) is 73.9 cm³/mol. The van der Waals surface area contributed by atoms with Crippen LogP contribution in [0, 0.1) is 4.91 Å². The monoisotopic (exact) mass is 327 g/mol. The highest BCUT2D eigenvalue weighted by Gasteiger charge is 2.31. The molecule has 0 aliphatic heterocycles. The molecule has 0 spiro atoms. The topological polar surface area (TPSA) is 73.6 Å². The maximum Gasteiger partial charge on any atom is 0.416 e. The average Bonchev–Trinajstić information content (AvgIpc) is 2.96. The number of rotatable bonds is 5. The molecule has 1 unspecified atom stereocenters. The molecule has 0 fully saturated rings. The average molecular weight is 327 g/mol. The number of carbonyl (C=O) groups excluding carboxylic acids is 1. The Morgan fingerprint density at radius 1 is 1.35 bits per heavy atom. The van der Waals surface area contributed by atoms with Crippen molar-refractivity contribution in [1.82, 2.24) is 9.55 Å². The number of imidazole rings is 1. The number of hydrogen-bond donors (Lipinski definition) is 0. The Morgan fingerprint density at radius 3 is 2.48 bits per heavy atom. The molecule has 0 radical (unpaired) electrons. The quantitative estimate of drug-likeness (QED) is 0.623. The van der Waals surface area contributed by atoms with Crippen molar-refractivity contribution in [3.8, 4) is 0 Å². The molecule has 122 valence electrons. The summed E-state index contributed by atoms with van der Waals surface area (Å²) in [7, 11) is 0. The molecule has 1 atom stereocenters. The highest BCUT2D eigenvalue weighted by molar-refractivity contribution is 5.78. The van der Waals surface area contributed by atoms with E-state index in [1.807, 2.05) is 0 Å². The zero-order valence-electron chi connectivity index (χ0n) is 11.9. The van der Waals surface area contributed by atoms with Crippen molar-refractivity contribution >= 4 is 11.8 Å². The van der Waals surface area contributed by atoms with Gasteiger partial charge in [-0.1, -0.05) is 12.1 Å². The Morgan fingerprint density at radius 2 is 2.00 bits per heavy atom. The van der Waals surface area contributed by atoms with E-state index in [-0.39, 0.29) is 18.0 Å². The fraction of sp³-hybridized carbons (Fsp3) is 0.286. The van der Waals surface area contributed by atoms with Crippen LogP contribution in [0.25, 0.3) is 0 Å². The highest BCUT2D eigenvalue weighted by Crippen LogP contribution is 2.31. The van der Waals surface area contributed by atoms with Gasteiger partial charge in [-0.05, 0) is 29.8 Å². The maximum absolute atomic E-state index is 12.6. The van der Waals surface area contributed by atoms with Gasteiger partial charge in [0.05, 0.1) is 24.7 Å². The number of aromatic nitrogens is 2. The van der Waals surface area contributed by atoms with Crippen molar-refractivity contribution in [2.45, 2.75) is 19.1 Å². The Kier molecular flexibility index (Phi) is 4.77. The van der Waals surface area contributed by atoms with Crippen LogP contribution in [-0.2, 0) is 15.7 Å². The van der Waals surface area contributed by atoms with Gasteiger partial charge in [0.2, 0.25) is 5.82 Å². The fourth-order valence-corrected chi connectivity index (χ4v) is 2.02. The van der Waals surface area contributed by atoms with Crippen LogP contribution in [0.5, 0.6) is 0 Å². The molecule has 0 saturated heterocycles. The second-order valence-corrected chi connectivity index (χ2v) is 4.54. The van der Waals surface area contributed by atoms with Gasteiger partial charge in [0.15, 0.2) is 6.04 Å². The Hall–Kier alpha value is -2.71. The first-order chi connectivity index (χ1) is 10.9. The molecule has 0 saturated carbocycles. The van der Waals surface area contributed by atoms with E-state index >= 15 is 0 Å². The first kappa shape index (κ1) is 16.7. The van der Waals surface area contributed by atoms with Crippen LogP contribution in [0.1, 0.15) is 24.1 Å². The molecule has 0 aliphatic carbocycles. The molecule has 1 aromatic carbocycles. The van der Waals surface area contributed by atoms with E-state index in [1.165, 1.54) is 29.2 Å². The Balaban J connectivity index is 2.41. The lowest BCUT2D eigenvalue weighted by Gasteiger charge is -2.18. The van der Waals surface area contributed by atoms with Gasteiger partial charge in [-0.25, -0.2) is 9.78 Å². The van der Waals surface area contributed by atoms with Crippen LogP contribution in [0.15, 0.2) is 42.0 Å². The summed E-state index contributed by atoms with van der Waals surface area (Å²) in [5, 5.41) is 2.64. The lowest BCUT2D eigenvalue weighted by atomic mass is 10.0. The van der Waals surface area contributed by atoms with Crippen molar-refractivity contribution < 1.29 is 22.7 Å². The molecular weight excluding hydrogens is 315 g/mol. The molecule has 2 rings (SSSR count). The van der Waals surface area contributed by atoms with E-state index < -0.39 is 23.8 Å². The number of nitrogens with zero attached hydrogens (tertiary/aromatic N) is 3. The van der Waals surface area contributed by atoms with Gasteiger partial charge in [0.1, 0.15) is 0 Å². The van der Waals surface area contributed by atoms with Crippen molar-refractivity contribution in [1.29, 1.82) is 0 Å². The molecular formula is C14H12F3N3O3. The van der Waals surface area contributed by atoms with E-state index in [9.17, 15) is 22.9 Å². The standard InChI is InChI=1S/C14H12F3N3O3/c1-2-23-13(21)12(20-7-11(19-22)18-8-20)9-3-5-10(6-4-9)14(15,16)17/h3-8,12H,2H2,1H3. The summed E-state index contributed by atoms with van der Waals surface area (Å²) in [5.41, 5.74) is -0.559. The van der Waals surface area contributed by atoms with Crippen LogP contribution in [-0.4, -0.2) is 22.1 Å². The van der Waals surface area contributed by atoms with Gasteiger partial charge in [0, 0.05) is 0 Å². The second-order valence-electron chi connectivity index (χ2n) is 4.54. The van der Waals surface area contributed by atoms with E-state index in [1.54, 1.807) is 6.92 Å². The third-order valence-corrected chi connectivity index (χ3v) is 3.04. The molecule has 1 heterocycles. The van der Waals surface area contributed by atoms with Gasteiger partial charge < -0.3 is 9.30 Å². The third kappa shape index (κ3) is 3.74. The smallest absolute Gasteiger partial charge is 0.416 e. The van der Waals surface area contributed by atoms with Crippen LogP contribution in [0.4, 0.5) is 19.0 Å². The van der Waals surface area contributed by atoms with Crippen LogP contribution in [0.3, 0.4) is 0 Å². The van der Waals surface area contributed by atoms with E-state index in [4.69, 9.17) is 4.74 Å². The van der Waals surface area contributed by atoms with E-state index in [2.05, 4.69) is 10.2 Å². The third-order valence-electron chi connectivity index (χ3n) is 3.04. The van der Waals surface area contributed by atoms with Gasteiger partial charge in [-0.3, -0.25) is 0 Å². The molecule has 0 aliphatic rings. The van der Waals surface area contributed by atoms with Gasteiger partial charge in [-0.2, -0.15) is 13.2 Å². The molecule has 23 heavy (non-hydrogen) atoms. The summed E-state index contributed by atoms with van der Waals surface area (Å²) >= 11 is 0. The molecule has 0 N–H and O–H groups in total. The SMILES string of the molecule is CCOC(=O)C(c1ccc(C(F)(F)F)cc1)n1cnc(N=O)c1. The van der Waals surface area contributed by atoms with E-state index in [0.717, 1.165) is 12.1 Å². The summed E-state index contributed by atoms with van der Waals surface area (Å²) in [6, 6.07) is 3.05. The number of carbonyl (C=O) groups is 1.